The standard InChI is InChI=1S/C34H38N5O11P/c35-20-34(28-18-17-26-33(36)37-21-38-39(26)28)32(43)31(42)27(50-34)19-47-51(44,48-22-45-29(40)15-7-13-24-9-3-1-4-10-24)49-23-46-30(41)16-8-14-25-11-5-2-6-12-25/h1-6,9-12,17-18,21,27,31-32,42-43H,7-8,13-16,19,22-23H2,(H2,36,37,38)/t27-,31-,32-,34+/m1/s1. The van der Waals surface area contributed by atoms with E-state index in [2.05, 4.69) is 10.1 Å². The summed E-state index contributed by atoms with van der Waals surface area (Å²) in [6.45, 7) is -2.43. The van der Waals surface area contributed by atoms with Crippen molar-refractivity contribution in [2.45, 2.75) is 62.4 Å². The number of phosphoric ester groups is 1. The summed E-state index contributed by atoms with van der Waals surface area (Å²) in [4.78, 5) is 28.6. The lowest BCUT2D eigenvalue weighted by Gasteiger charge is -2.24. The van der Waals surface area contributed by atoms with Gasteiger partial charge >= 0.3 is 19.8 Å². The Morgan fingerprint density at radius 2 is 1.47 bits per heavy atom. The lowest BCUT2D eigenvalue weighted by atomic mass is 9.92. The highest BCUT2D eigenvalue weighted by Crippen LogP contribution is 2.51. The third-order valence-corrected chi connectivity index (χ3v) is 9.43. The predicted molar refractivity (Wildman–Crippen MR) is 178 cm³/mol. The molecule has 1 saturated heterocycles. The molecule has 0 spiro atoms. The van der Waals surface area contributed by atoms with Crippen LogP contribution in [-0.2, 0) is 60.4 Å². The normalized spacial score (nSPS) is 20.2. The van der Waals surface area contributed by atoms with Crippen LogP contribution < -0.4 is 5.73 Å². The molecule has 5 rings (SSSR count). The lowest BCUT2D eigenvalue weighted by Crippen LogP contribution is -2.41. The fourth-order valence-corrected chi connectivity index (χ4v) is 6.36. The number of carbonyl (C=O) groups excluding carboxylic acids is 2. The number of aryl methyl sites for hydroxylation is 2. The highest BCUT2D eigenvalue weighted by Gasteiger charge is 2.58. The second-order valence-corrected chi connectivity index (χ2v) is 13.2. The van der Waals surface area contributed by atoms with Crippen molar-refractivity contribution in [1.82, 2.24) is 14.6 Å². The number of nitrogen functional groups attached to an aromatic ring is 1. The van der Waals surface area contributed by atoms with Crippen LogP contribution in [0, 0.1) is 11.3 Å². The van der Waals surface area contributed by atoms with Gasteiger partial charge < -0.3 is 30.2 Å². The molecule has 0 bridgehead atoms. The van der Waals surface area contributed by atoms with Gasteiger partial charge in [-0.05, 0) is 48.9 Å². The first-order chi connectivity index (χ1) is 24.6. The molecule has 4 aromatic rings. The van der Waals surface area contributed by atoms with E-state index in [9.17, 15) is 29.6 Å². The van der Waals surface area contributed by atoms with E-state index in [1.807, 2.05) is 66.7 Å². The second kappa shape index (κ2) is 17.5. The molecule has 0 saturated carbocycles. The molecule has 4 atom stereocenters. The number of carbonyl (C=O) groups is 2. The number of hydrogen-bond donors (Lipinski definition) is 3. The van der Waals surface area contributed by atoms with Crippen molar-refractivity contribution in [3.05, 3.63) is 95.9 Å². The molecule has 0 amide bonds. The van der Waals surface area contributed by atoms with E-state index in [4.69, 9.17) is 33.5 Å². The highest BCUT2D eigenvalue weighted by atomic mass is 31.2. The molecule has 1 aliphatic rings. The molecule has 1 aliphatic heterocycles. The van der Waals surface area contributed by atoms with Crippen LogP contribution in [0.4, 0.5) is 5.82 Å². The highest BCUT2D eigenvalue weighted by molar-refractivity contribution is 7.48. The number of hydrogen-bond acceptors (Lipinski definition) is 15. The third kappa shape index (κ3) is 9.54. The maximum Gasteiger partial charge on any atom is 0.480 e. The Balaban J connectivity index is 1.19. The Bertz CT molecular complexity index is 1790. The van der Waals surface area contributed by atoms with E-state index < -0.39 is 63.9 Å². The van der Waals surface area contributed by atoms with Crippen molar-refractivity contribution in [3.8, 4) is 6.07 Å². The van der Waals surface area contributed by atoms with Crippen LogP contribution in [0.3, 0.4) is 0 Å². The number of aliphatic hydroxyl groups excluding tert-OH is 2. The van der Waals surface area contributed by atoms with Gasteiger partial charge in [0, 0.05) is 12.8 Å². The Labute approximate surface area is 293 Å². The molecule has 17 heteroatoms. The lowest BCUT2D eigenvalue weighted by molar-refractivity contribution is -0.154. The fourth-order valence-electron chi connectivity index (χ4n) is 5.45. The minimum absolute atomic E-state index is 0.0391. The number of nitrogens with two attached hydrogens (primary N) is 1. The van der Waals surface area contributed by atoms with Gasteiger partial charge in [-0.3, -0.25) is 14.1 Å². The van der Waals surface area contributed by atoms with Gasteiger partial charge in [0.15, 0.2) is 5.82 Å². The number of aliphatic hydroxyl groups is 2. The number of benzene rings is 2. The van der Waals surface area contributed by atoms with E-state index in [-0.39, 0.29) is 24.4 Å². The zero-order valence-corrected chi connectivity index (χ0v) is 28.4. The fraction of sp³-hybridized carbons (Fsp3) is 0.382. The molecule has 3 heterocycles. The van der Waals surface area contributed by atoms with Crippen molar-refractivity contribution < 1.29 is 52.1 Å². The first kappa shape index (κ1) is 37.5. The molecule has 1 fully saturated rings. The summed E-state index contributed by atoms with van der Waals surface area (Å²) >= 11 is 0. The molecule has 51 heavy (non-hydrogen) atoms. The minimum atomic E-state index is -4.69. The van der Waals surface area contributed by atoms with Crippen molar-refractivity contribution in [3.63, 3.8) is 0 Å². The van der Waals surface area contributed by atoms with Gasteiger partial charge in [-0.15, -0.1) is 0 Å². The van der Waals surface area contributed by atoms with Crippen LogP contribution in [0.25, 0.3) is 5.52 Å². The summed E-state index contributed by atoms with van der Waals surface area (Å²) in [7, 11) is -4.69. The van der Waals surface area contributed by atoms with E-state index in [1.165, 1.54) is 16.6 Å². The van der Waals surface area contributed by atoms with Gasteiger partial charge in [0.1, 0.15) is 36.2 Å². The largest absolute Gasteiger partial charge is 0.480 e. The van der Waals surface area contributed by atoms with Crippen LogP contribution in [0.15, 0.2) is 79.1 Å². The number of fused-ring (bicyclic) bond motifs is 1. The van der Waals surface area contributed by atoms with Crippen LogP contribution in [-0.4, -0.2) is 75.3 Å². The molecule has 0 aliphatic carbocycles. The average molecular weight is 724 g/mol. The zero-order valence-electron chi connectivity index (χ0n) is 27.5. The van der Waals surface area contributed by atoms with E-state index in [1.54, 1.807) is 0 Å². The van der Waals surface area contributed by atoms with Gasteiger partial charge in [0.25, 0.3) is 0 Å². The number of anilines is 1. The van der Waals surface area contributed by atoms with Crippen LogP contribution in [0.1, 0.15) is 42.5 Å². The van der Waals surface area contributed by atoms with Crippen molar-refractivity contribution >= 4 is 31.1 Å². The van der Waals surface area contributed by atoms with Crippen molar-refractivity contribution in [2.24, 2.45) is 0 Å². The maximum absolute atomic E-state index is 13.6. The second-order valence-electron chi connectivity index (χ2n) is 11.5. The first-order valence-electron chi connectivity index (χ1n) is 16.1. The number of phosphoric acid groups is 1. The predicted octanol–water partition coefficient (Wildman–Crippen LogP) is 3.36. The maximum atomic E-state index is 13.6. The molecular formula is C34H38N5O11P. The van der Waals surface area contributed by atoms with Crippen LogP contribution >= 0.6 is 7.82 Å². The van der Waals surface area contributed by atoms with Gasteiger partial charge in [0.05, 0.1) is 12.3 Å². The topological polar surface area (TPSA) is 227 Å². The van der Waals surface area contributed by atoms with Crippen molar-refractivity contribution in [2.75, 3.05) is 25.9 Å². The molecule has 16 nitrogen and oxygen atoms in total. The van der Waals surface area contributed by atoms with Gasteiger partial charge in [0.2, 0.25) is 19.2 Å². The van der Waals surface area contributed by atoms with E-state index in [0.29, 0.717) is 31.2 Å². The molecule has 2 aromatic carbocycles. The Kier molecular flexibility index (Phi) is 12.9. The SMILES string of the molecule is N#C[C@@]1(c2ccc3c(N)ncnn23)O[C@H](COP(=O)(OCOC(=O)CCCc2ccccc2)OCOC(=O)CCCc2ccccc2)[C@@H](O)[C@H]1O. The summed E-state index contributed by atoms with van der Waals surface area (Å²) < 4.78 is 46.7. The van der Waals surface area contributed by atoms with Crippen LogP contribution in [0.5, 0.6) is 0 Å². The zero-order chi connectivity index (χ0) is 36.3. The molecule has 4 N–H and O–H groups in total. The van der Waals surface area contributed by atoms with Gasteiger partial charge in [-0.1, -0.05) is 60.7 Å². The summed E-state index contributed by atoms with van der Waals surface area (Å²) in [5, 5.41) is 36.1. The monoisotopic (exact) mass is 723 g/mol. The Morgan fingerprint density at radius 3 is 2.02 bits per heavy atom. The smallest absolute Gasteiger partial charge is 0.438 e. The number of nitrogens with zero attached hydrogens (tertiary/aromatic N) is 4. The van der Waals surface area contributed by atoms with Gasteiger partial charge in [-0.2, -0.15) is 10.4 Å². The van der Waals surface area contributed by atoms with E-state index in [0.717, 1.165) is 17.5 Å². The summed E-state index contributed by atoms with van der Waals surface area (Å²) in [6.07, 6.45) is -1.51. The molecule has 2 aromatic heterocycles. The number of ether oxygens (including phenoxy) is 3. The van der Waals surface area contributed by atoms with Gasteiger partial charge in [-0.25, -0.2) is 23.1 Å². The van der Waals surface area contributed by atoms with E-state index >= 15 is 0 Å². The van der Waals surface area contributed by atoms with Crippen molar-refractivity contribution in [1.29, 1.82) is 5.26 Å². The number of rotatable bonds is 18. The molecule has 0 radical (unpaired) electrons. The molecular weight excluding hydrogens is 685 g/mol. The third-order valence-electron chi connectivity index (χ3n) is 8.12. The average Bonchev–Trinajstić information content (AvgIpc) is 3.68. The summed E-state index contributed by atoms with van der Waals surface area (Å²) in [6, 6.07) is 23.9. The Morgan fingerprint density at radius 1 is 0.902 bits per heavy atom. The molecule has 270 valence electrons. The Hall–Kier alpha value is -4.72. The number of aromatic nitrogens is 3. The first-order valence-corrected chi connectivity index (χ1v) is 17.6. The summed E-state index contributed by atoms with van der Waals surface area (Å²) in [5.74, 6) is -1.17. The molecule has 0 unspecified atom stereocenters. The quantitative estimate of drug-likeness (QED) is 0.0760. The summed E-state index contributed by atoms with van der Waals surface area (Å²) in [5.41, 5.74) is 6.20. The minimum Gasteiger partial charge on any atom is -0.438 e. The number of nitriles is 1. The number of esters is 2. The van der Waals surface area contributed by atoms with Crippen LogP contribution in [0.2, 0.25) is 0 Å².